The summed E-state index contributed by atoms with van der Waals surface area (Å²) in [4.78, 5) is 23.3. The summed E-state index contributed by atoms with van der Waals surface area (Å²) in [6.07, 6.45) is 1.09. The van der Waals surface area contributed by atoms with Gasteiger partial charge in [0.1, 0.15) is 6.23 Å². The molecule has 41 heavy (non-hydrogen) atoms. The standard InChI is InChI=1S/C30H32ClN3O6S/c1-20(23-9-11-25(12-10-23)29(36)33-41(38,39)18-4-17-40-21(2)35)32-30(37)27-6-3-5-24-15-16-34(28(24)27)19-22-7-13-26(31)14-8-22/h3,5-16,20,30,32,37H,4,17-19H2,1-2H3,(H,33,36)/t20-,30?/m0/s1. The number of hydrogen-bond acceptors (Lipinski definition) is 7. The Morgan fingerprint density at radius 3 is 2.41 bits per heavy atom. The molecular formula is C30H32ClN3O6S. The van der Waals surface area contributed by atoms with Crippen LogP contribution in [-0.2, 0) is 26.1 Å². The third kappa shape index (κ3) is 8.17. The summed E-state index contributed by atoms with van der Waals surface area (Å²) in [5.74, 6) is -1.60. The van der Waals surface area contributed by atoms with E-state index in [2.05, 4.69) is 9.88 Å². The lowest BCUT2D eigenvalue weighted by atomic mass is 10.0. The van der Waals surface area contributed by atoms with Crippen molar-refractivity contribution >= 4 is 44.4 Å². The van der Waals surface area contributed by atoms with Crippen molar-refractivity contribution in [2.45, 2.75) is 39.1 Å². The molecule has 0 spiro atoms. The van der Waals surface area contributed by atoms with E-state index in [1.165, 1.54) is 19.1 Å². The second kappa shape index (κ2) is 13.3. The molecule has 9 nitrogen and oxygen atoms in total. The van der Waals surface area contributed by atoms with Crippen LogP contribution in [0, 0.1) is 0 Å². The first-order chi connectivity index (χ1) is 19.5. The van der Waals surface area contributed by atoms with Crippen molar-refractivity contribution in [3.05, 3.63) is 106 Å². The maximum atomic E-state index is 12.5. The Hall–Kier alpha value is -3.70. The molecule has 0 saturated carbocycles. The maximum Gasteiger partial charge on any atom is 0.302 e. The minimum absolute atomic E-state index is 0.0431. The van der Waals surface area contributed by atoms with Gasteiger partial charge in [-0.3, -0.25) is 14.9 Å². The predicted molar refractivity (Wildman–Crippen MR) is 158 cm³/mol. The van der Waals surface area contributed by atoms with Crippen molar-refractivity contribution in [1.29, 1.82) is 0 Å². The largest absolute Gasteiger partial charge is 0.466 e. The molecule has 1 amide bonds. The van der Waals surface area contributed by atoms with Gasteiger partial charge in [0.25, 0.3) is 5.91 Å². The van der Waals surface area contributed by atoms with Crippen molar-refractivity contribution in [2.75, 3.05) is 12.4 Å². The third-order valence-electron chi connectivity index (χ3n) is 6.57. The van der Waals surface area contributed by atoms with Crippen molar-refractivity contribution in [1.82, 2.24) is 14.6 Å². The van der Waals surface area contributed by atoms with E-state index in [1.807, 2.05) is 66.4 Å². The zero-order valence-corrected chi connectivity index (χ0v) is 24.3. The van der Waals surface area contributed by atoms with E-state index < -0.39 is 28.1 Å². The normalized spacial score (nSPS) is 13.1. The van der Waals surface area contributed by atoms with Crippen LogP contribution in [0.2, 0.25) is 5.02 Å². The van der Waals surface area contributed by atoms with Crippen molar-refractivity contribution in [3.63, 3.8) is 0 Å². The first kappa shape index (κ1) is 30.3. The Morgan fingerprint density at radius 2 is 1.73 bits per heavy atom. The highest BCUT2D eigenvalue weighted by Gasteiger charge is 2.19. The molecule has 11 heteroatoms. The van der Waals surface area contributed by atoms with Crippen molar-refractivity contribution < 1.29 is 27.9 Å². The fraction of sp³-hybridized carbons (Fsp3) is 0.267. The number of para-hydroxylation sites is 1. The van der Waals surface area contributed by atoms with E-state index in [0.29, 0.717) is 11.6 Å². The van der Waals surface area contributed by atoms with Crippen LogP contribution in [0.15, 0.2) is 79.0 Å². The summed E-state index contributed by atoms with van der Waals surface area (Å²) in [6, 6.07) is 21.6. The number of aromatic nitrogens is 1. The molecule has 0 fully saturated rings. The van der Waals surface area contributed by atoms with E-state index >= 15 is 0 Å². The Kier molecular flexibility index (Phi) is 9.82. The van der Waals surface area contributed by atoms with E-state index in [0.717, 1.165) is 27.6 Å². The fourth-order valence-electron chi connectivity index (χ4n) is 4.49. The number of ether oxygens (including phenoxy) is 1. The van der Waals surface area contributed by atoms with Crippen LogP contribution in [0.5, 0.6) is 0 Å². The van der Waals surface area contributed by atoms with Gasteiger partial charge in [-0.1, -0.05) is 54.1 Å². The lowest BCUT2D eigenvalue weighted by molar-refractivity contribution is -0.140. The molecule has 3 aromatic carbocycles. The van der Waals surface area contributed by atoms with Crippen LogP contribution in [0.4, 0.5) is 0 Å². The molecule has 0 aliphatic carbocycles. The van der Waals surface area contributed by atoms with Crippen LogP contribution in [0.25, 0.3) is 10.9 Å². The lowest BCUT2D eigenvalue weighted by Crippen LogP contribution is -2.33. The van der Waals surface area contributed by atoms with Crippen LogP contribution in [0.1, 0.15) is 59.6 Å². The molecule has 1 aromatic heterocycles. The number of nitrogens with zero attached hydrogens (tertiary/aromatic N) is 1. The van der Waals surface area contributed by atoms with Gasteiger partial charge in [0, 0.05) is 47.2 Å². The van der Waals surface area contributed by atoms with E-state index in [9.17, 15) is 23.1 Å². The number of sulfonamides is 1. The summed E-state index contributed by atoms with van der Waals surface area (Å²) >= 11 is 6.03. The van der Waals surface area contributed by atoms with Crippen molar-refractivity contribution in [2.24, 2.45) is 0 Å². The van der Waals surface area contributed by atoms with Gasteiger partial charge < -0.3 is 14.4 Å². The molecule has 4 rings (SSSR count). The number of benzene rings is 3. The van der Waals surface area contributed by atoms with Gasteiger partial charge in [-0.2, -0.15) is 0 Å². The predicted octanol–water partition coefficient (Wildman–Crippen LogP) is 4.70. The second-order valence-corrected chi connectivity index (χ2v) is 12.0. The van der Waals surface area contributed by atoms with Gasteiger partial charge in [-0.15, -0.1) is 0 Å². The number of carbonyl (C=O) groups is 2. The molecule has 2 atom stereocenters. The molecule has 1 unspecified atom stereocenters. The number of amides is 1. The maximum absolute atomic E-state index is 12.5. The molecule has 0 bridgehead atoms. The molecule has 0 aliphatic heterocycles. The minimum Gasteiger partial charge on any atom is -0.466 e. The Labute approximate surface area is 244 Å². The van der Waals surface area contributed by atoms with Crippen LogP contribution >= 0.6 is 11.6 Å². The highest BCUT2D eigenvalue weighted by Crippen LogP contribution is 2.27. The van der Waals surface area contributed by atoms with E-state index in [1.54, 1.807) is 12.1 Å². The van der Waals surface area contributed by atoms with Gasteiger partial charge >= 0.3 is 5.97 Å². The third-order valence-corrected chi connectivity index (χ3v) is 8.15. The molecule has 0 radical (unpaired) electrons. The van der Waals surface area contributed by atoms with Gasteiger partial charge in [-0.25, -0.2) is 13.1 Å². The Bertz CT molecular complexity index is 1620. The van der Waals surface area contributed by atoms with Crippen LogP contribution in [-0.4, -0.2) is 42.3 Å². The summed E-state index contributed by atoms with van der Waals surface area (Å²) in [6.45, 7) is 3.70. The Morgan fingerprint density at radius 1 is 1.02 bits per heavy atom. The first-order valence-electron chi connectivity index (χ1n) is 13.1. The van der Waals surface area contributed by atoms with Crippen LogP contribution in [0.3, 0.4) is 0 Å². The molecular weight excluding hydrogens is 566 g/mol. The summed E-state index contributed by atoms with van der Waals surface area (Å²) in [5, 5.41) is 16.1. The topological polar surface area (TPSA) is 127 Å². The highest BCUT2D eigenvalue weighted by molar-refractivity contribution is 7.90. The molecule has 0 aliphatic rings. The smallest absolute Gasteiger partial charge is 0.302 e. The number of esters is 1. The monoisotopic (exact) mass is 597 g/mol. The molecule has 4 aromatic rings. The number of aliphatic hydroxyl groups is 1. The number of rotatable bonds is 12. The SMILES string of the molecule is CC(=O)OCCCS(=O)(=O)NC(=O)c1ccc([C@H](C)NC(O)c2cccc3ccn(Cc4ccc(Cl)cc4)c23)cc1. The number of carbonyl (C=O) groups excluding carboxylic acids is 2. The molecule has 216 valence electrons. The zero-order chi connectivity index (χ0) is 29.6. The number of fused-ring (bicyclic) bond motifs is 1. The highest BCUT2D eigenvalue weighted by atomic mass is 35.5. The number of aliphatic hydroxyl groups excluding tert-OH is 1. The van der Waals surface area contributed by atoms with E-state index in [-0.39, 0.29) is 30.4 Å². The van der Waals surface area contributed by atoms with Crippen molar-refractivity contribution in [3.8, 4) is 0 Å². The van der Waals surface area contributed by atoms with Gasteiger partial charge in [0.05, 0.1) is 17.9 Å². The van der Waals surface area contributed by atoms with E-state index in [4.69, 9.17) is 16.3 Å². The van der Waals surface area contributed by atoms with Gasteiger partial charge in [-0.05, 0) is 54.8 Å². The summed E-state index contributed by atoms with van der Waals surface area (Å²) in [5.41, 5.74) is 3.69. The average Bonchev–Trinajstić information content (AvgIpc) is 3.35. The summed E-state index contributed by atoms with van der Waals surface area (Å²) < 4.78 is 33.2. The van der Waals surface area contributed by atoms with Crippen LogP contribution < -0.4 is 10.0 Å². The summed E-state index contributed by atoms with van der Waals surface area (Å²) in [7, 11) is -3.88. The lowest BCUT2D eigenvalue weighted by Gasteiger charge is -2.21. The average molecular weight is 598 g/mol. The Balaban J connectivity index is 1.41. The fourth-order valence-corrected chi connectivity index (χ4v) is 5.62. The zero-order valence-electron chi connectivity index (χ0n) is 22.7. The van der Waals surface area contributed by atoms with Gasteiger partial charge in [0.15, 0.2) is 0 Å². The molecule has 0 saturated heterocycles. The number of nitrogens with one attached hydrogen (secondary N) is 2. The van der Waals surface area contributed by atoms with Gasteiger partial charge in [0.2, 0.25) is 10.0 Å². The number of hydrogen-bond donors (Lipinski definition) is 3. The second-order valence-electron chi connectivity index (χ2n) is 9.71. The number of halogens is 1. The molecule has 3 N–H and O–H groups in total. The first-order valence-corrected chi connectivity index (χ1v) is 15.1. The minimum atomic E-state index is -3.88. The quantitative estimate of drug-likeness (QED) is 0.123. The molecule has 1 heterocycles.